The molecule has 4 heteroatoms. The summed E-state index contributed by atoms with van der Waals surface area (Å²) in [5, 5.41) is 0.640. The Hall–Kier alpha value is -1.55. The van der Waals surface area contributed by atoms with Gasteiger partial charge in [-0.1, -0.05) is 55.8 Å². The van der Waals surface area contributed by atoms with Crippen LogP contribution in [0.15, 0.2) is 42.5 Å². The molecule has 3 N–H and O–H groups in total. The summed E-state index contributed by atoms with van der Waals surface area (Å²) in [6.45, 7) is 4.35. The van der Waals surface area contributed by atoms with Gasteiger partial charge < -0.3 is 4.74 Å². The highest BCUT2D eigenvalue weighted by Crippen LogP contribution is 2.32. The minimum atomic E-state index is -0.140. The molecule has 21 heavy (non-hydrogen) atoms. The van der Waals surface area contributed by atoms with Gasteiger partial charge in [-0.2, -0.15) is 0 Å². The second-order valence-corrected chi connectivity index (χ2v) is 5.74. The number of nitrogens with two attached hydrogens (primary N) is 1. The van der Waals surface area contributed by atoms with Gasteiger partial charge in [0.1, 0.15) is 5.75 Å². The lowest BCUT2D eigenvalue weighted by Crippen LogP contribution is -2.29. The second kappa shape index (κ2) is 6.94. The average molecular weight is 305 g/mol. The zero-order chi connectivity index (χ0) is 15.4. The maximum absolute atomic E-state index is 6.01. The van der Waals surface area contributed by atoms with Crippen molar-refractivity contribution in [1.29, 1.82) is 0 Å². The van der Waals surface area contributed by atoms with Crippen molar-refractivity contribution >= 4 is 11.6 Å². The third-order valence-electron chi connectivity index (χ3n) is 3.61. The van der Waals surface area contributed by atoms with Crippen LogP contribution in [-0.4, -0.2) is 7.11 Å². The third kappa shape index (κ3) is 3.56. The molecule has 0 fully saturated rings. The summed E-state index contributed by atoms with van der Waals surface area (Å²) >= 11 is 6.01. The molecule has 2 rings (SSSR count). The minimum Gasteiger partial charge on any atom is -0.496 e. The minimum absolute atomic E-state index is 0.140. The fourth-order valence-electron chi connectivity index (χ4n) is 2.36. The van der Waals surface area contributed by atoms with E-state index < -0.39 is 0 Å². The van der Waals surface area contributed by atoms with Crippen LogP contribution in [0.2, 0.25) is 5.02 Å². The molecular weight excluding hydrogens is 284 g/mol. The van der Waals surface area contributed by atoms with Crippen LogP contribution in [0, 0.1) is 0 Å². The first-order chi connectivity index (χ1) is 10.1. The van der Waals surface area contributed by atoms with Crippen LogP contribution in [0.25, 0.3) is 0 Å². The van der Waals surface area contributed by atoms with Gasteiger partial charge in [-0.3, -0.25) is 5.84 Å². The van der Waals surface area contributed by atoms with Gasteiger partial charge >= 0.3 is 0 Å². The number of benzene rings is 2. The van der Waals surface area contributed by atoms with Gasteiger partial charge in [0.15, 0.2) is 0 Å². The van der Waals surface area contributed by atoms with Crippen LogP contribution in [0.4, 0.5) is 0 Å². The van der Waals surface area contributed by atoms with E-state index in [4.69, 9.17) is 22.2 Å². The molecule has 0 saturated carbocycles. The molecule has 112 valence electrons. The van der Waals surface area contributed by atoms with Gasteiger partial charge in [0, 0.05) is 10.6 Å². The molecule has 1 atom stereocenters. The van der Waals surface area contributed by atoms with Crippen molar-refractivity contribution in [3.05, 3.63) is 64.2 Å². The Labute approximate surface area is 131 Å². The van der Waals surface area contributed by atoms with E-state index in [9.17, 15) is 0 Å². The van der Waals surface area contributed by atoms with Gasteiger partial charge in [0.25, 0.3) is 0 Å². The first-order valence-electron chi connectivity index (χ1n) is 6.96. The van der Waals surface area contributed by atoms with Gasteiger partial charge in [0.05, 0.1) is 13.2 Å². The number of rotatable bonds is 5. The SMILES string of the molecule is COc1cc(Cl)ccc1C(NN)c1ccc(C(C)C)cc1. The molecule has 0 saturated heterocycles. The van der Waals surface area contributed by atoms with Gasteiger partial charge in [-0.25, -0.2) is 5.43 Å². The van der Waals surface area contributed by atoms with Crippen LogP contribution in [0.1, 0.15) is 42.5 Å². The summed E-state index contributed by atoms with van der Waals surface area (Å²) < 4.78 is 5.41. The maximum atomic E-state index is 6.01. The Morgan fingerprint density at radius 1 is 1.05 bits per heavy atom. The highest BCUT2D eigenvalue weighted by molar-refractivity contribution is 6.30. The molecule has 0 aliphatic carbocycles. The molecule has 0 aliphatic heterocycles. The van der Waals surface area contributed by atoms with Crippen molar-refractivity contribution in [3.8, 4) is 5.75 Å². The molecular formula is C17H21ClN2O. The average Bonchev–Trinajstić information content (AvgIpc) is 2.49. The Morgan fingerprint density at radius 3 is 2.19 bits per heavy atom. The summed E-state index contributed by atoms with van der Waals surface area (Å²) in [5.74, 6) is 6.99. The summed E-state index contributed by atoms with van der Waals surface area (Å²) in [6, 6.07) is 13.9. The molecule has 0 aromatic heterocycles. The predicted molar refractivity (Wildman–Crippen MR) is 87.7 cm³/mol. The molecule has 0 amide bonds. The monoisotopic (exact) mass is 304 g/mol. The third-order valence-corrected chi connectivity index (χ3v) is 3.84. The zero-order valence-electron chi connectivity index (χ0n) is 12.6. The maximum Gasteiger partial charge on any atom is 0.125 e. The number of nitrogens with one attached hydrogen (secondary N) is 1. The van der Waals surface area contributed by atoms with Crippen molar-refractivity contribution in [2.75, 3.05) is 7.11 Å². The zero-order valence-corrected chi connectivity index (χ0v) is 13.3. The normalized spacial score (nSPS) is 12.5. The van der Waals surface area contributed by atoms with E-state index in [1.54, 1.807) is 13.2 Å². The number of halogens is 1. The summed E-state index contributed by atoms with van der Waals surface area (Å²) in [7, 11) is 1.63. The fourth-order valence-corrected chi connectivity index (χ4v) is 2.52. The molecule has 3 nitrogen and oxygen atoms in total. The van der Waals surface area contributed by atoms with Crippen molar-refractivity contribution in [3.63, 3.8) is 0 Å². The number of methoxy groups -OCH3 is 1. The van der Waals surface area contributed by atoms with E-state index in [0.717, 1.165) is 16.9 Å². The van der Waals surface area contributed by atoms with E-state index >= 15 is 0 Å². The van der Waals surface area contributed by atoms with E-state index in [0.29, 0.717) is 10.9 Å². The van der Waals surface area contributed by atoms with Gasteiger partial charge in [-0.05, 0) is 29.2 Å². The van der Waals surface area contributed by atoms with Crippen LogP contribution < -0.4 is 16.0 Å². The van der Waals surface area contributed by atoms with E-state index in [-0.39, 0.29) is 6.04 Å². The molecule has 1 unspecified atom stereocenters. The lowest BCUT2D eigenvalue weighted by molar-refractivity contribution is 0.404. The molecule has 0 aliphatic rings. The van der Waals surface area contributed by atoms with Crippen LogP contribution in [0.5, 0.6) is 5.75 Å². The molecule has 0 heterocycles. The van der Waals surface area contributed by atoms with Crippen LogP contribution in [0.3, 0.4) is 0 Å². The highest BCUT2D eigenvalue weighted by atomic mass is 35.5. The van der Waals surface area contributed by atoms with Gasteiger partial charge in [-0.15, -0.1) is 0 Å². The number of hydrazine groups is 1. The van der Waals surface area contributed by atoms with Crippen molar-refractivity contribution in [1.82, 2.24) is 5.43 Å². The predicted octanol–water partition coefficient (Wildman–Crippen LogP) is 4.02. The fraction of sp³-hybridized carbons (Fsp3) is 0.294. The number of ether oxygens (including phenoxy) is 1. The largest absolute Gasteiger partial charge is 0.496 e. The molecule has 2 aromatic rings. The van der Waals surface area contributed by atoms with Crippen molar-refractivity contribution in [2.45, 2.75) is 25.8 Å². The van der Waals surface area contributed by atoms with Gasteiger partial charge in [0.2, 0.25) is 0 Å². The lowest BCUT2D eigenvalue weighted by atomic mass is 9.95. The Morgan fingerprint density at radius 2 is 1.67 bits per heavy atom. The Bertz CT molecular complexity index is 596. The molecule has 2 aromatic carbocycles. The Balaban J connectivity index is 2.39. The lowest BCUT2D eigenvalue weighted by Gasteiger charge is -2.20. The summed E-state index contributed by atoms with van der Waals surface area (Å²) in [4.78, 5) is 0. The van der Waals surface area contributed by atoms with Crippen LogP contribution >= 0.6 is 11.6 Å². The Kier molecular flexibility index (Phi) is 5.23. The first-order valence-corrected chi connectivity index (χ1v) is 7.34. The quantitative estimate of drug-likeness (QED) is 0.648. The smallest absolute Gasteiger partial charge is 0.125 e. The molecule has 0 bridgehead atoms. The first kappa shape index (κ1) is 15.8. The molecule has 0 spiro atoms. The van der Waals surface area contributed by atoms with Crippen molar-refractivity contribution < 1.29 is 4.74 Å². The highest BCUT2D eigenvalue weighted by Gasteiger charge is 2.17. The molecule has 0 radical (unpaired) electrons. The van der Waals surface area contributed by atoms with E-state index in [1.165, 1.54) is 5.56 Å². The van der Waals surface area contributed by atoms with E-state index in [1.807, 2.05) is 12.1 Å². The topological polar surface area (TPSA) is 47.3 Å². The summed E-state index contributed by atoms with van der Waals surface area (Å²) in [6.07, 6.45) is 0. The summed E-state index contributed by atoms with van der Waals surface area (Å²) in [5.41, 5.74) is 6.20. The second-order valence-electron chi connectivity index (χ2n) is 5.31. The number of hydrogen-bond donors (Lipinski definition) is 2. The van der Waals surface area contributed by atoms with E-state index in [2.05, 4.69) is 43.5 Å². The van der Waals surface area contributed by atoms with Crippen molar-refractivity contribution in [2.24, 2.45) is 5.84 Å². The standard InChI is InChI=1S/C17H21ClN2O/c1-11(2)12-4-6-13(7-5-12)17(20-19)15-9-8-14(18)10-16(15)21-3/h4-11,17,20H,19H2,1-3H3. The number of hydrogen-bond acceptors (Lipinski definition) is 3. The van der Waals surface area contributed by atoms with Crippen LogP contribution in [-0.2, 0) is 0 Å².